The van der Waals surface area contributed by atoms with Crippen molar-refractivity contribution in [1.82, 2.24) is 5.32 Å². The second-order valence-electron chi connectivity index (χ2n) is 5.06. The summed E-state index contributed by atoms with van der Waals surface area (Å²) in [6.07, 6.45) is 0. The lowest BCUT2D eigenvalue weighted by atomic mass is 9.96. The number of aryl methyl sites for hydroxylation is 2. The summed E-state index contributed by atoms with van der Waals surface area (Å²) >= 11 is 6.15. The number of benzene rings is 2. The standard InChI is InChI=1S/C17H19ClFN/c1-4-20-17(13-5-6-16(19)12(3)9-13)14-7-11(2)8-15(18)10-14/h5-10,17,20H,4H2,1-3H3. The Balaban J connectivity index is 2.46. The van der Waals surface area contributed by atoms with Crippen LogP contribution in [0.1, 0.15) is 35.2 Å². The molecule has 3 heteroatoms. The fourth-order valence-electron chi connectivity index (χ4n) is 2.41. The van der Waals surface area contributed by atoms with Crippen molar-refractivity contribution >= 4 is 11.6 Å². The highest BCUT2D eigenvalue weighted by Crippen LogP contribution is 2.27. The summed E-state index contributed by atoms with van der Waals surface area (Å²) in [6, 6.07) is 11.3. The third-order valence-electron chi connectivity index (χ3n) is 3.32. The molecule has 0 fully saturated rings. The normalized spacial score (nSPS) is 12.4. The molecule has 0 aliphatic rings. The van der Waals surface area contributed by atoms with E-state index < -0.39 is 0 Å². The van der Waals surface area contributed by atoms with E-state index in [4.69, 9.17) is 11.6 Å². The highest BCUT2D eigenvalue weighted by molar-refractivity contribution is 6.30. The van der Waals surface area contributed by atoms with Gasteiger partial charge < -0.3 is 5.32 Å². The van der Waals surface area contributed by atoms with Crippen molar-refractivity contribution in [2.45, 2.75) is 26.8 Å². The summed E-state index contributed by atoms with van der Waals surface area (Å²) < 4.78 is 13.4. The molecular formula is C17H19ClFN. The molecule has 0 aromatic heterocycles. The van der Waals surface area contributed by atoms with Crippen molar-refractivity contribution in [2.75, 3.05) is 6.54 Å². The Hall–Kier alpha value is -1.38. The van der Waals surface area contributed by atoms with E-state index in [1.165, 1.54) is 6.07 Å². The topological polar surface area (TPSA) is 12.0 Å². The van der Waals surface area contributed by atoms with Gasteiger partial charge in [-0.15, -0.1) is 0 Å². The molecule has 0 aliphatic heterocycles. The van der Waals surface area contributed by atoms with Crippen molar-refractivity contribution in [2.24, 2.45) is 0 Å². The quantitative estimate of drug-likeness (QED) is 0.853. The largest absolute Gasteiger partial charge is 0.307 e. The average molecular weight is 292 g/mol. The molecule has 0 saturated carbocycles. The van der Waals surface area contributed by atoms with Gasteiger partial charge in [-0.2, -0.15) is 0 Å². The molecule has 1 nitrogen and oxygen atoms in total. The van der Waals surface area contributed by atoms with Gasteiger partial charge in [0, 0.05) is 5.02 Å². The number of hydrogen-bond acceptors (Lipinski definition) is 1. The van der Waals surface area contributed by atoms with E-state index in [0.717, 1.165) is 28.3 Å². The molecule has 2 rings (SSSR count). The molecule has 1 atom stereocenters. The summed E-state index contributed by atoms with van der Waals surface area (Å²) in [5.74, 6) is -0.175. The molecule has 0 amide bonds. The fourth-order valence-corrected chi connectivity index (χ4v) is 2.71. The maximum Gasteiger partial charge on any atom is 0.126 e. The van der Waals surface area contributed by atoms with Crippen molar-refractivity contribution in [3.63, 3.8) is 0 Å². The number of rotatable bonds is 4. The Kier molecular flexibility index (Phi) is 4.79. The first kappa shape index (κ1) is 15.0. The smallest absolute Gasteiger partial charge is 0.126 e. The van der Waals surface area contributed by atoms with Gasteiger partial charge in [0.2, 0.25) is 0 Å². The van der Waals surface area contributed by atoms with Crippen LogP contribution in [0.3, 0.4) is 0 Å². The summed E-state index contributed by atoms with van der Waals surface area (Å²) in [5.41, 5.74) is 3.92. The molecule has 0 spiro atoms. The third-order valence-corrected chi connectivity index (χ3v) is 3.54. The number of nitrogens with one attached hydrogen (secondary N) is 1. The lowest BCUT2D eigenvalue weighted by Crippen LogP contribution is -2.22. The predicted octanol–water partition coefficient (Wildman–Crippen LogP) is 4.79. The molecule has 2 aromatic carbocycles. The Labute approximate surface area is 124 Å². The van der Waals surface area contributed by atoms with Crippen LogP contribution < -0.4 is 5.32 Å². The first-order valence-electron chi connectivity index (χ1n) is 6.77. The van der Waals surface area contributed by atoms with Gasteiger partial charge in [-0.25, -0.2) is 4.39 Å². The van der Waals surface area contributed by atoms with Crippen molar-refractivity contribution in [1.29, 1.82) is 0 Å². The lowest BCUT2D eigenvalue weighted by molar-refractivity contribution is 0.606. The van der Waals surface area contributed by atoms with Crippen LogP contribution in [0.25, 0.3) is 0 Å². The van der Waals surface area contributed by atoms with Gasteiger partial charge in [0.25, 0.3) is 0 Å². The van der Waals surface area contributed by atoms with Gasteiger partial charge in [-0.1, -0.05) is 36.7 Å². The minimum Gasteiger partial charge on any atom is -0.307 e. The van der Waals surface area contributed by atoms with E-state index >= 15 is 0 Å². The maximum absolute atomic E-state index is 13.4. The van der Waals surface area contributed by atoms with E-state index in [1.54, 1.807) is 6.92 Å². The Morgan fingerprint density at radius 1 is 1.10 bits per heavy atom. The van der Waals surface area contributed by atoms with Crippen molar-refractivity contribution in [3.05, 3.63) is 69.5 Å². The van der Waals surface area contributed by atoms with Crippen LogP contribution in [0.5, 0.6) is 0 Å². The first-order valence-corrected chi connectivity index (χ1v) is 7.15. The highest BCUT2D eigenvalue weighted by Gasteiger charge is 2.15. The van der Waals surface area contributed by atoms with Gasteiger partial charge in [0.05, 0.1) is 6.04 Å². The monoisotopic (exact) mass is 291 g/mol. The van der Waals surface area contributed by atoms with Gasteiger partial charge in [-0.3, -0.25) is 0 Å². The SMILES string of the molecule is CCNC(c1cc(C)cc(Cl)c1)c1ccc(F)c(C)c1. The molecule has 2 aromatic rings. The Morgan fingerprint density at radius 3 is 2.45 bits per heavy atom. The van der Waals surface area contributed by atoms with Gasteiger partial charge in [0.15, 0.2) is 0 Å². The van der Waals surface area contributed by atoms with Crippen LogP contribution in [0.4, 0.5) is 4.39 Å². The van der Waals surface area contributed by atoms with E-state index in [2.05, 4.69) is 18.3 Å². The van der Waals surface area contributed by atoms with Crippen LogP contribution >= 0.6 is 11.6 Å². The maximum atomic E-state index is 13.4. The minimum absolute atomic E-state index is 0.0247. The zero-order valence-electron chi connectivity index (χ0n) is 12.0. The average Bonchev–Trinajstić information content (AvgIpc) is 2.38. The van der Waals surface area contributed by atoms with Crippen molar-refractivity contribution in [3.8, 4) is 0 Å². The van der Waals surface area contributed by atoms with Crippen LogP contribution in [0.15, 0.2) is 36.4 Å². The first-order chi connectivity index (χ1) is 9.51. The predicted molar refractivity (Wildman–Crippen MR) is 82.8 cm³/mol. The highest BCUT2D eigenvalue weighted by atomic mass is 35.5. The molecular weight excluding hydrogens is 273 g/mol. The van der Waals surface area contributed by atoms with Crippen LogP contribution in [-0.4, -0.2) is 6.54 Å². The molecule has 20 heavy (non-hydrogen) atoms. The summed E-state index contributed by atoms with van der Waals surface area (Å²) in [7, 11) is 0. The molecule has 0 bridgehead atoms. The molecule has 1 unspecified atom stereocenters. The van der Waals surface area contributed by atoms with Crippen LogP contribution in [0, 0.1) is 19.7 Å². The summed E-state index contributed by atoms with van der Waals surface area (Å²) in [5, 5.41) is 4.16. The van der Waals surface area contributed by atoms with E-state index in [1.807, 2.05) is 31.2 Å². The molecule has 106 valence electrons. The summed E-state index contributed by atoms with van der Waals surface area (Å²) in [6.45, 7) is 6.69. The molecule has 0 saturated heterocycles. The molecule has 0 radical (unpaired) electrons. The Bertz CT molecular complexity index is 590. The number of halogens is 2. The minimum atomic E-state index is -0.175. The fraction of sp³-hybridized carbons (Fsp3) is 0.294. The molecule has 0 heterocycles. The van der Waals surface area contributed by atoms with Gasteiger partial charge in [-0.05, 0) is 60.8 Å². The van der Waals surface area contributed by atoms with Gasteiger partial charge >= 0.3 is 0 Å². The molecule has 0 aliphatic carbocycles. The lowest BCUT2D eigenvalue weighted by Gasteiger charge is -2.20. The van der Waals surface area contributed by atoms with E-state index in [-0.39, 0.29) is 11.9 Å². The summed E-state index contributed by atoms with van der Waals surface area (Å²) in [4.78, 5) is 0. The zero-order valence-corrected chi connectivity index (χ0v) is 12.8. The Morgan fingerprint density at radius 2 is 1.85 bits per heavy atom. The van der Waals surface area contributed by atoms with Crippen molar-refractivity contribution < 1.29 is 4.39 Å². The third kappa shape index (κ3) is 3.38. The molecule has 1 N–H and O–H groups in total. The zero-order chi connectivity index (χ0) is 14.7. The van der Waals surface area contributed by atoms with E-state index in [9.17, 15) is 4.39 Å². The number of hydrogen-bond donors (Lipinski definition) is 1. The second kappa shape index (κ2) is 6.38. The van der Waals surface area contributed by atoms with E-state index in [0.29, 0.717) is 5.56 Å². The van der Waals surface area contributed by atoms with Crippen LogP contribution in [-0.2, 0) is 0 Å². The second-order valence-corrected chi connectivity index (χ2v) is 5.50. The van der Waals surface area contributed by atoms with Crippen LogP contribution in [0.2, 0.25) is 5.02 Å². The van der Waals surface area contributed by atoms with Gasteiger partial charge in [0.1, 0.15) is 5.82 Å².